The van der Waals surface area contributed by atoms with Crippen molar-refractivity contribution < 1.29 is 14.3 Å². The fourth-order valence-electron chi connectivity index (χ4n) is 2.22. The number of hydrogen-bond donors (Lipinski definition) is 0. The number of Topliss-reactive ketones (excluding diaryl/α,β-unsaturated/α-hetero) is 1. The Balaban J connectivity index is 2.56. The number of carbonyl (C=O) groups is 2. The molecule has 3 nitrogen and oxygen atoms in total. The summed E-state index contributed by atoms with van der Waals surface area (Å²) in [5.41, 5.74) is 0. The third-order valence-corrected chi connectivity index (χ3v) is 3.08. The van der Waals surface area contributed by atoms with Gasteiger partial charge >= 0.3 is 5.97 Å². The molecule has 0 spiro atoms. The molecule has 0 radical (unpaired) electrons. The van der Waals surface area contributed by atoms with Gasteiger partial charge in [-0.1, -0.05) is 12.5 Å². The van der Waals surface area contributed by atoms with Crippen molar-refractivity contribution in [3.63, 3.8) is 0 Å². The van der Waals surface area contributed by atoms with Crippen molar-refractivity contribution in [3.8, 4) is 0 Å². The van der Waals surface area contributed by atoms with E-state index in [2.05, 4.69) is 6.58 Å². The lowest BCUT2D eigenvalue weighted by Crippen LogP contribution is -2.34. The van der Waals surface area contributed by atoms with Gasteiger partial charge < -0.3 is 4.74 Å². The first kappa shape index (κ1) is 12.9. The van der Waals surface area contributed by atoms with Crippen LogP contribution in [0, 0.1) is 11.8 Å². The molecule has 0 bridgehead atoms. The molecule has 0 aromatic heterocycles. The zero-order chi connectivity index (χ0) is 12.0. The minimum absolute atomic E-state index is 0.0288. The molecule has 0 aliphatic heterocycles. The molecule has 1 fully saturated rings. The van der Waals surface area contributed by atoms with Crippen LogP contribution in [0.15, 0.2) is 12.7 Å². The number of esters is 1. The van der Waals surface area contributed by atoms with E-state index in [0.29, 0.717) is 13.0 Å². The van der Waals surface area contributed by atoms with Gasteiger partial charge in [-0.15, -0.1) is 6.58 Å². The fourth-order valence-corrected chi connectivity index (χ4v) is 2.22. The van der Waals surface area contributed by atoms with Crippen LogP contribution in [0.2, 0.25) is 0 Å². The zero-order valence-electron chi connectivity index (χ0n) is 9.91. The van der Waals surface area contributed by atoms with E-state index in [1.807, 2.05) is 6.08 Å². The minimum Gasteiger partial charge on any atom is -0.465 e. The third-order valence-electron chi connectivity index (χ3n) is 3.08. The first-order chi connectivity index (χ1) is 7.70. The lowest BCUT2D eigenvalue weighted by Gasteiger charge is -2.26. The predicted octanol–water partition coefficient (Wildman–Crippen LogP) is 2.50. The predicted molar refractivity (Wildman–Crippen MR) is 61.9 cm³/mol. The van der Waals surface area contributed by atoms with E-state index >= 15 is 0 Å². The van der Waals surface area contributed by atoms with Gasteiger partial charge in [-0.3, -0.25) is 9.59 Å². The summed E-state index contributed by atoms with van der Waals surface area (Å²) in [4.78, 5) is 23.6. The Morgan fingerprint density at radius 2 is 2.31 bits per heavy atom. The number of ketones is 1. The first-order valence-corrected chi connectivity index (χ1v) is 6.02. The Bertz CT molecular complexity index is 270. The topological polar surface area (TPSA) is 43.4 Å². The van der Waals surface area contributed by atoms with Crippen LogP contribution in [0.3, 0.4) is 0 Å². The number of allylic oxidation sites excluding steroid dienone is 1. The van der Waals surface area contributed by atoms with E-state index in [0.717, 1.165) is 25.7 Å². The quantitative estimate of drug-likeness (QED) is 0.409. The molecule has 1 aliphatic carbocycles. The van der Waals surface area contributed by atoms with Gasteiger partial charge in [-0.2, -0.15) is 0 Å². The Hall–Kier alpha value is -1.12. The van der Waals surface area contributed by atoms with Crippen molar-refractivity contribution in [2.75, 3.05) is 6.61 Å². The SMILES string of the molecule is C=CCC[C@@H]1CCC[C@@H](C(=O)OCC)C1=O. The maximum absolute atomic E-state index is 12.0. The van der Waals surface area contributed by atoms with E-state index in [1.54, 1.807) is 6.92 Å². The van der Waals surface area contributed by atoms with Crippen LogP contribution in [0.1, 0.15) is 39.0 Å². The molecule has 0 aromatic rings. The minimum atomic E-state index is -0.511. The average Bonchev–Trinajstić information content (AvgIpc) is 2.28. The smallest absolute Gasteiger partial charge is 0.316 e. The van der Waals surface area contributed by atoms with Crippen LogP contribution in [0.4, 0.5) is 0 Å². The lowest BCUT2D eigenvalue weighted by atomic mass is 9.78. The van der Waals surface area contributed by atoms with E-state index in [-0.39, 0.29) is 17.7 Å². The fraction of sp³-hybridized carbons (Fsp3) is 0.692. The largest absolute Gasteiger partial charge is 0.465 e. The highest BCUT2D eigenvalue weighted by Crippen LogP contribution is 2.29. The van der Waals surface area contributed by atoms with Gasteiger partial charge in [0.2, 0.25) is 0 Å². The summed E-state index contributed by atoms with van der Waals surface area (Å²) in [5, 5.41) is 0. The van der Waals surface area contributed by atoms with E-state index in [9.17, 15) is 9.59 Å². The molecule has 3 heteroatoms. The summed E-state index contributed by atoms with van der Waals surface area (Å²) in [6.45, 7) is 5.76. The van der Waals surface area contributed by atoms with E-state index < -0.39 is 5.92 Å². The Labute approximate surface area is 96.9 Å². The van der Waals surface area contributed by atoms with Crippen molar-refractivity contribution >= 4 is 11.8 Å². The second-order valence-electron chi connectivity index (χ2n) is 4.20. The number of rotatable bonds is 5. The highest BCUT2D eigenvalue weighted by atomic mass is 16.5. The summed E-state index contributed by atoms with van der Waals surface area (Å²) in [5.74, 6) is -0.743. The van der Waals surface area contributed by atoms with Crippen LogP contribution in [-0.2, 0) is 14.3 Å². The normalized spacial score (nSPS) is 25.2. The molecular formula is C13H20O3. The maximum Gasteiger partial charge on any atom is 0.316 e. The monoisotopic (exact) mass is 224 g/mol. The average molecular weight is 224 g/mol. The molecule has 0 saturated heterocycles. The van der Waals surface area contributed by atoms with Crippen molar-refractivity contribution in [2.24, 2.45) is 11.8 Å². The maximum atomic E-state index is 12.0. The summed E-state index contributed by atoms with van der Waals surface area (Å²) in [6, 6.07) is 0. The van der Waals surface area contributed by atoms with Crippen LogP contribution in [0.25, 0.3) is 0 Å². The van der Waals surface area contributed by atoms with Gasteiger partial charge in [-0.25, -0.2) is 0 Å². The van der Waals surface area contributed by atoms with E-state index in [1.165, 1.54) is 0 Å². The molecule has 0 amide bonds. The van der Waals surface area contributed by atoms with Crippen LogP contribution >= 0.6 is 0 Å². The molecule has 2 atom stereocenters. The lowest BCUT2D eigenvalue weighted by molar-refractivity contribution is -0.154. The van der Waals surface area contributed by atoms with Crippen molar-refractivity contribution in [3.05, 3.63) is 12.7 Å². The summed E-state index contributed by atoms with van der Waals surface area (Å²) < 4.78 is 4.92. The van der Waals surface area contributed by atoms with Crippen molar-refractivity contribution in [2.45, 2.75) is 39.0 Å². The highest BCUT2D eigenvalue weighted by molar-refractivity contribution is 6.00. The number of carbonyl (C=O) groups excluding carboxylic acids is 2. The molecule has 0 heterocycles. The zero-order valence-corrected chi connectivity index (χ0v) is 9.91. The number of hydrogen-bond acceptors (Lipinski definition) is 3. The summed E-state index contributed by atoms with van der Waals surface area (Å²) in [7, 11) is 0. The Kier molecular flexibility index (Phi) is 5.23. The Morgan fingerprint density at radius 3 is 2.94 bits per heavy atom. The van der Waals surface area contributed by atoms with E-state index in [4.69, 9.17) is 4.74 Å². The second kappa shape index (κ2) is 6.46. The van der Waals surface area contributed by atoms with Crippen molar-refractivity contribution in [1.29, 1.82) is 0 Å². The molecule has 16 heavy (non-hydrogen) atoms. The van der Waals surface area contributed by atoms with Gasteiger partial charge in [0.15, 0.2) is 0 Å². The van der Waals surface area contributed by atoms with Gasteiger partial charge in [0, 0.05) is 5.92 Å². The van der Waals surface area contributed by atoms with Crippen LogP contribution in [0.5, 0.6) is 0 Å². The first-order valence-electron chi connectivity index (χ1n) is 6.02. The second-order valence-corrected chi connectivity index (χ2v) is 4.20. The highest BCUT2D eigenvalue weighted by Gasteiger charge is 2.36. The molecular weight excluding hydrogens is 204 g/mol. The standard InChI is InChI=1S/C13H20O3/c1-3-5-7-10-8-6-9-11(12(10)14)13(15)16-4-2/h3,10-11H,1,4-9H2,2H3/t10-,11-/m1/s1. The molecule has 0 N–H and O–H groups in total. The molecule has 0 unspecified atom stereocenters. The molecule has 90 valence electrons. The third kappa shape index (κ3) is 3.19. The Morgan fingerprint density at radius 1 is 1.56 bits per heavy atom. The molecule has 1 rings (SSSR count). The summed E-state index contributed by atoms with van der Waals surface area (Å²) in [6.07, 6.45) is 5.98. The summed E-state index contributed by atoms with van der Waals surface area (Å²) >= 11 is 0. The van der Waals surface area contributed by atoms with Gasteiger partial charge in [0.05, 0.1) is 6.61 Å². The van der Waals surface area contributed by atoms with Crippen LogP contribution < -0.4 is 0 Å². The van der Waals surface area contributed by atoms with Gasteiger partial charge in [0.1, 0.15) is 11.7 Å². The molecule has 1 saturated carbocycles. The van der Waals surface area contributed by atoms with Crippen LogP contribution in [-0.4, -0.2) is 18.4 Å². The molecule has 0 aromatic carbocycles. The van der Waals surface area contributed by atoms with Gasteiger partial charge in [0.25, 0.3) is 0 Å². The van der Waals surface area contributed by atoms with Gasteiger partial charge in [-0.05, 0) is 32.6 Å². The number of ether oxygens (including phenoxy) is 1. The molecule has 1 aliphatic rings. The van der Waals surface area contributed by atoms with Crippen molar-refractivity contribution in [1.82, 2.24) is 0 Å².